The largest absolute Gasteiger partial charge is 0.295 e. The normalized spacial score (nSPS) is 18.3. The van der Waals surface area contributed by atoms with Gasteiger partial charge in [0.25, 0.3) is 0 Å². The van der Waals surface area contributed by atoms with Gasteiger partial charge in [0.1, 0.15) is 0 Å². The molecule has 0 aromatic carbocycles. The van der Waals surface area contributed by atoms with Gasteiger partial charge in [-0.3, -0.25) is 4.79 Å². The molecule has 78 valence electrons. The van der Waals surface area contributed by atoms with Crippen molar-refractivity contribution in [2.45, 2.75) is 52.4 Å². The van der Waals surface area contributed by atoms with Crippen molar-refractivity contribution in [1.29, 1.82) is 0 Å². The predicted molar refractivity (Wildman–Crippen MR) is 60.2 cm³/mol. The SMILES string of the molecule is CCCC/C=C\C1=C(C)C(=O)CCC1. The minimum absolute atomic E-state index is 0.339. The minimum atomic E-state index is 0.339. The smallest absolute Gasteiger partial charge is 0.158 e. The Balaban J connectivity index is 2.53. The highest BCUT2D eigenvalue weighted by atomic mass is 16.1. The first-order chi connectivity index (χ1) is 6.75. The van der Waals surface area contributed by atoms with Crippen molar-refractivity contribution in [3.63, 3.8) is 0 Å². The molecular formula is C13H20O. The van der Waals surface area contributed by atoms with Crippen molar-refractivity contribution in [2.75, 3.05) is 0 Å². The third-order valence-corrected chi connectivity index (χ3v) is 2.79. The van der Waals surface area contributed by atoms with Crippen LogP contribution in [0.15, 0.2) is 23.3 Å². The molecule has 0 bridgehead atoms. The van der Waals surface area contributed by atoms with Crippen LogP contribution < -0.4 is 0 Å². The van der Waals surface area contributed by atoms with E-state index in [1.165, 1.54) is 18.4 Å². The number of hydrogen-bond donors (Lipinski definition) is 0. The first-order valence-electron chi connectivity index (χ1n) is 5.65. The van der Waals surface area contributed by atoms with E-state index in [0.717, 1.165) is 31.3 Å². The molecule has 1 aliphatic rings. The van der Waals surface area contributed by atoms with Crippen LogP contribution in [0.4, 0.5) is 0 Å². The molecule has 0 unspecified atom stereocenters. The zero-order chi connectivity index (χ0) is 10.4. The van der Waals surface area contributed by atoms with Crippen LogP contribution in [0.25, 0.3) is 0 Å². The molecule has 0 fully saturated rings. The number of Topliss-reactive ketones (excluding diaryl/α,β-unsaturated/α-hetero) is 1. The lowest BCUT2D eigenvalue weighted by Crippen LogP contribution is -2.07. The van der Waals surface area contributed by atoms with Gasteiger partial charge in [0.05, 0.1) is 0 Å². The van der Waals surface area contributed by atoms with E-state index in [4.69, 9.17) is 0 Å². The van der Waals surface area contributed by atoms with Gasteiger partial charge >= 0.3 is 0 Å². The van der Waals surface area contributed by atoms with Gasteiger partial charge in [0.15, 0.2) is 5.78 Å². The van der Waals surface area contributed by atoms with Crippen molar-refractivity contribution in [3.05, 3.63) is 23.3 Å². The molecule has 0 saturated heterocycles. The maximum atomic E-state index is 11.4. The Morgan fingerprint density at radius 1 is 1.36 bits per heavy atom. The third-order valence-electron chi connectivity index (χ3n) is 2.79. The minimum Gasteiger partial charge on any atom is -0.295 e. The monoisotopic (exact) mass is 192 g/mol. The summed E-state index contributed by atoms with van der Waals surface area (Å²) in [6, 6.07) is 0. The molecule has 0 atom stereocenters. The van der Waals surface area contributed by atoms with E-state index in [0.29, 0.717) is 5.78 Å². The molecule has 0 heterocycles. The van der Waals surface area contributed by atoms with Gasteiger partial charge < -0.3 is 0 Å². The van der Waals surface area contributed by atoms with Gasteiger partial charge in [-0.25, -0.2) is 0 Å². The van der Waals surface area contributed by atoms with E-state index < -0.39 is 0 Å². The molecule has 0 amide bonds. The molecule has 1 heteroatoms. The van der Waals surface area contributed by atoms with Crippen LogP contribution in [-0.2, 0) is 4.79 Å². The summed E-state index contributed by atoms with van der Waals surface area (Å²) >= 11 is 0. The number of carbonyl (C=O) groups excluding carboxylic acids is 1. The van der Waals surface area contributed by atoms with Crippen LogP contribution in [0.1, 0.15) is 52.4 Å². The molecular weight excluding hydrogens is 172 g/mol. The average molecular weight is 192 g/mol. The second kappa shape index (κ2) is 5.79. The van der Waals surface area contributed by atoms with Gasteiger partial charge in [-0.1, -0.05) is 31.9 Å². The maximum Gasteiger partial charge on any atom is 0.158 e. The quantitative estimate of drug-likeness (QED) is 0.619. The highest BCUT2D eigenvalue weighted by Gasteiger charge is 2.14. The topological polar surface area (TPSA) is 17.1 Å². The van der Waals surface area contributed by atoms with E-state index in [1.807, 2.05) is 6.92 Å². The van der Waals surface area contributed by atoms with Crippen LogP contribution in [0, 0.1) is 0 Å². The lowest BCUT2D eigenvalue weighted by Gasteiger charge is -2.13. The molecule has 0 saturated carbocycles. The van der Waals surface area contributed by atoms with Gasteiger partial charge in [-0.15, -0.1) is 0 Å². The first-order valence-corrected chi connectivity index (χ1v) is 5.65. The Kier molecular flexibility index (Phi) is 4.64. The van der Waals surface area contributed by atoms with Crippen LogP contribution in [-0.4, -0.2) is 5.78 Å². The number of carbonyl (C=O) groups is 1. The Bertz CT molecular complexity index is 258. The van der Waals surface area contributed by atoms with Crippen molar-refractivity contribution in [3.8, 4) is 0 Å². The fraction of sp³-hybridized carbons (Fsp3) is 0.615. The van der Waals surface area contributed by atoms with Crippen molar-refractivity contribution < 1.29 is 4.79 Å². The van der Waals surface area contributed by atoms with E-state index in [9.17, 15) is 4.79 Å². The second-order valence-corrected chi connectivity index (χ2v) is 3.97. The summed E-state index contributed by atoms with van der Waals surface area (Å²) < 4.78 is 0. The molecule has 14 heavy (non-hydrogen) atoms. The van der Waals surface area contributed by atoms with Crippen LogP contribution in [0.2, 0.25) is 0 Å². The molecule has 0 aromatic rings. The Morgan fingerprint density at radius 2 is 2.14 bits per heavy atom. The number of hydrogen-bond acceptors (Lipinski definition) is 1. The lowest BCUT2D eigenvalue weighted by molar-refractivity contribution is -0.116. The fourth-order valence-corrected chi connectivity index (χ4v) is 1.75. The van der Waals surface area contributed by atoms with Gasteiger partial charge in [-0.05, 0) is 37.3 Å². The summed E-state index contributed by atoms with van der Waals surface area (Å²) in [5.41, 5.74) is 2.25. The fourth-order valence-electron chi connectivity index (χ4n) is 1.75. The van der Waals surface area contributed by atoms with Crippen LogP contribution >= 0.6 is 0 Å². The zero-order valence-electron chi connectivity index (χ0n) is 9.31. The van der Waals surface area contributed by atoms with E-state index in [-0.39, 0.29) is 0 Å². The van der Waals surface area contributed by atoms with E-state index in [2.05, 4.69) is 19.1 Å². The lowest BCUT2D eigenvalue weighted by atomic mass is 9.91. The first kappa shape index (κ1) is 11.2. The summed E-state index contributed by atoms with van der Waals surface area (Å²) in [5.74, 6) is 0.339. The summed E-state index contributed by atoms with van der Waals surface area (Å²) in [7, 11) is 0. The molecule has 1 rings (SSSR count). The summed E-state index contributed by atoms with van der Waals surface area (Å²) in [4.78, 5) is 11.4. The molecule has 0 aromatic heterocycles. The molecule has 1 nitrogen and oxygen atoms in total. The maximum absolute atomic E-state index is 11.4. The molecule has 1 aliphatic carbocycles. The summed E-state index contributed by atoms with van der Waals surface area (Å²) in [6.07, 6.45) is 10.9. The summed E-state index contributed by atoms with van der Waals surface area (Å²) in [6.45, 7) is 4.16. The van der Waals surface area contributed by atoms with Crippen molar-refractivity contribution in [2.24, 2.45) is 0 Å². The van der Waals surface area contributed by atoms with Gasteiger partial charge in [-0.2, -0.15) is 0 Å². The van der Waals surface area contributed by atoms with Crippen LogP contribution in [0.5, 0.6) is 0 Å². The number of ketones is 1. The van der Waals surface area contributed by atoms with Crippen LogP contribution in [0.3, 0.4) is 0 Å². The average Bonchev–Trinajstić information content (AvgIpc) is 2.19. The van der Waals surface area contributed by atoms with E-state index in [1.54, 1.807) is 0 Å². The number of rotatable bonds is 4. The van der Waals surface area contributed by atoms with E-state index >= 15 is 0 Å². The molecule has 0 N–H and O–H groups in total. The second-order valence-electron chi connectivity index (χ2n) is 3.97. The predicted octanol–water partition coefficient (Wildman–Crippen LogP) is 3.80. The Hall–Kier alpha value is -0.850. The van der Waals surface area contributed by atoms with Crippen molar-refractivity contribution in [1.82, 2.24) is 0 Å². The standard InChI is InChI=1S/C13H20O/c1-3-4-5-6-8-12-9-7-10-13(14)11(12)2/h6,8H,3-5,7,9-10H2,1-2H3/b8-6-. The number of unbranched alkanes of at least 4 members (excludes halogenated alkanes) is 2. The summed E-state index contributed by atoms with van der Waals surface area (Å²) in [5, 5.41) is 0. The highest BCUT2D eigenvalue weighted by Crippen LogP contribution is 2.22. The Morgan fingerprint density at radius 3 is 2.86 bits per heavy atom. The third kappa shape index (κ3) is 3.13. The highest BCUT2D eigenvalue weighted by molar-refractivity contribution is 5.96. The molecule has 0 aliphatic heterocycles. The van der Waals surface area contributed by atoms with Crippen molar-refractivity contribution >= 4 is 5.78 Å². The molecule has 0 radical (unpaired) electrons. The zero-order valence-corrected chi connectivity index (χ0v) is 9.31. The number of allylic oxidation sites excluding steroid dienone is 4. The Labute approximate surface area is 86.9 Å². The van der Waals surface area contributed by atoms with Gasteiger partial charge in [0, 0.05) is 6.42 Å². The molecule has 0 spiro atoms. The van der Waals surface area contributed by atoms with Gasteiger partial charge in [0.2, 0.25) is 0 Å².